The third-order valence-corrected chi connectivity index (χ3v) is 6.04. The van der Waals surface area contributed by atoms with Gasteiger partial charge in [0.15, 0.2) is 0 Å². The van der Waals surface area contributed by atoms with Gasteiger partial charge in [-0.25, -0.2) is 9.37 Å². The second-order valence-corrected chi connectivity index (χ2v) is 7.79. The monoisotopic (exact) mass is 390 g/mol. The summed E-state index contributed by atoms with van der Waals surface area (Å²) in [4.78, 5) is 19.4. The number of halogens is 2. The van der Waals surface area contributed by atoms with Crippen LogP contribution in [0.4, 0.5) is 4.39 Å². The zero-order valence-corrected chi connectivity index (χ0v) is 16.2. The van der Waals surface area contributed by atoms with E-state index in [1.807, 2.05) is 4.90 Å². The summed E-state index contributed by atoms with van der Waals surface area (Å²) in [6, 6.07) is 4.20. The van der Waals surface area contributed by atoms with Crippen molar-refractivity contribution in [3.05, 3.63) is 51.8 Å². The van der Waals surface area contributed by atoms with Crippen molar-refractivity contribution in [2.24, 2.45) is 0 Å². The lowest BCUT2D eigenvalue weighted by Crippen LogP contribution is -2.39. The molecule has 0 saturated carbocycles. The number of carbonyl (C=O) groups is 1. The van der Waals surface area contributed by atoms with Gasteiger partial charge >= 0.3 is 0 Å². The summed E-state index contributed by atoms with van der Waals surface area (Å²) >= 11 is 6.06. The number of fused-ring (bicyclic) bond motifs is 1. The predicted molar refractivity (Wildman–Crippen MR) is 102 cm³/mol. The van der Waals surface area contributed by atoms with Crippen molar-refractivity contribution in [2.75, 3.05) is 19.6 Å². The molecule has 0 aliphatic carbocycles. The molecule has 5 nitrogen and oxygen atoms in total. The van der Waals surface area contributed by atoms with E-state index < -0.39 is 0 Å². The van der Waals surface area contributed by atoms with Gasteiger partial charge in [0.1, 0.15) is 11.6 Å². The van der Waals surface area contributed by atoms with Crippen LogP contribution in [0.3, 0.4) is 0 Å². The highest BCUT2D eigenvalue weighted by Gasteiger charge is 2.29. The molecule has 0 atom stereocenters. The molecule has 0 bridgehead atoms. The van der Waals surface area contributed by atoms with Crippen LogP contribution in [0.2, 0.25) is 5.02 Å². The zero-order valence-electron chi connectivity index (χ0n) is 15.5. The Kier molecular flexibility index (Phi) is 5.19. The number of likely N-dealkylation sites (tertiary alicyclic amines) is 1. The van der Waals surface area contributed by atoms with Crippen molar-refractivity contribution in [2.45, 2.75) is 45.2 Å². The van der Waals surface area contributed by atoms with Crippen molar-refractivity contribution in [3.63, 3.8) is 0 Å². The number of piperidine rings is 1. The van der Waals surface area contributed by atoms with Crippen molar-refractivity contribution < 1.29 is 9.18 Å². The summed E-state index contributed by atoms with van der Waals surface area (Å²) in [5, 5.41) is 3.74. The molecular weight excluding hydrogens is 367 g/mol. The van der Waals surface area contributed by atoms with Crippen LogP contribution in [-0.4, -0.2) is 40.0 Å². The summed E-state index contributed by atoms with van der Waals surface area (Å²) in [5.74, 6) is 1.15. The van der Waals surface area contributed by atoms with E-state index in [9.17, 15) is 9.18 Å². The number of aryl methyl sites for hydroxylation is 1. The minimum absolute atomic E-state index is 0.0478. The van der Waals surface area contributed by atoms with E-state index in [2.05, 4.69) is 16.8 Å². The molecule has 1 fully saturated rings. The third kappa shape index (κ3) is 3.73. The molecule has 27 heavy (non-hydrogen) atoms. The first-order chi connectivity index (χ1) is 13.0. The van der Waals surface area contributed by atoms with Crippen LogP contribution in [0.25, 0.3) is 0 Å². The Balaban J connectivity index is 1.40. The minimum atomic E-state index is -0.384. The lowest BCUT2D eigenvalue weighted by molar-refractivity contribution is -0.131. The lowest BCUT2D eigenvalue weighted by atomic mass is 9.91. The number of imidazole rings is 1. The van der Waals surface area contributed by atoms with Gasteiger partial charge in [0.2, 0.25) is 5.91 Å². The largest absolute Gasteiger partial charge is 0.342 e. The van der Waals surface area contributed by atoms with E-state index >= 15 is 0 Å². The second kappa shape index (κ2) is 7.60. The Hall–Kier alpha value is -1.92. The molecule has 7 heteroatoms. The maximum absolute atomic E-state index is 13.2. The fourth-order valence-corrected chi connectivity index (χ4v) is 4.42. The SMILES string of the molecule is Cc1nc(C2CCN(C(=O)Cc3ccc(F)cc3Cl)CC2)c2n1CCNC2. The standard InChI is InChI=1S/C20H24ClFN4O/c1-13-24-20(18-12-23-6-9-26(13)18)14-4-7-25(8-5-14)19(27)10-15-2-3-16(22)11-17(15)21/h2-3,11,14,23H,4-10,12H2,1H3. The van der Waals surface area contributed by atoms with Crippen molar-refractivity contribution >= 4 is 17.5 Å². The maximum atomic E-state index is 13.2. The van der Waals surface area contributed by atoms with Crippen LogP contribution in [0, 0.1) is 12.7 Å². The highest BCUT2D eigenvalue weighted by Crippen LogP contribution is 2.31. The quantitative estimate of drug-likeness (QED) is 0.876. The van der Waals surface area contributed by atoms with Gasteiger partial charge in [-0.15, -0.1) is 0 Å². The normalized spacial score (nSPS) is 17.8. The van der Waals surface area contributed by atoms with Crippen LogP contribution in [0.1, 0.15) is 41.5 Å². The summed E-state index contributed by atoms with van der Waals surface area (Å²) < 4.78 is 15.5. The van der Waals surface area contributed by atoms with Gasteiger partial charge in [-0.1, -0.05) is 17.7 Å². The predicted octanol–water partition coefficient (Wildman–Crippen LogP) is 3.04. The fraction of sp³-hybridized carbons (Fsp3) is 0.500. The third-order valence-electron chi connectivity index (χ3n) is 5.69. The van der Waals surface area contributed by atoms with Crippen LogP contribution in [-0.2, 0) is 24.3 Å². The van der Waals surface area contributed by atoms with Gasteiger partial charge < -0.3 is 14.8 Å². The van der Waals surface area contributed by atoms with E-state index in [-0.39, 0.29) is 18.1 Å². The van der Waals surface area contributed by atoms with E-state index in [0.717, 1.165) is 51.4 Å². The topological polar surface area (TPSA) is 50.2 Å². The summed E-state index contributed by atoms with van der Waals surface area (Å²) in [6.45, 7) is 6.36. The Morgan fingerprint density at radius 3 is 2.85 bits per heavy atom. The van der Waals surface area contributed by atoms with Crippen molar-refractivity contribution in [1.29, 1.82) is 0 Å². The zero-order chi connectivity index (χ0) is 19.0. The molecule has 2 aromatic rings. The van der Waals surface area contributed by atoms with E-state index in [1.54, 1.807) is 6.07 Å². The number of carbonyl (C=O) groups excluding carboxylic acids is 1. The molecule has 1 amide bonds. The van der Waals surface area contributed by atoms with Gasteiger partial charge in [-0.3, -0.25) is 4.79 Å². The van der Waals surface area contributed by atoms with Gasteiger partial charge in [0.05, 0.1) is 17.8 Å². The van der Waals surface area contributed by atoms with Crippen molar-refractivity contribution in [3.8, 4) is 0 Å². The minimum Gasteiger partial charge on any atom is -0.342 e. The highest BCUT2D eigenvalue weighted by molar-refractivity contribution is 6.31. The average Bonchev–Trinajstić information content (AvgIpc) is 3.01. The van der Waals surface area contributed by atoms with Crippen LogP contribution >= 0.6 is 11.6 Å². The van der Waals surface area contributed by atoms with E-state index in [4.69, 9.17) is 16.6 Å². The molecule has 2 aliphatic rings. The second-order valence-electron chi connectivity index (χ2n) is 7.39. The summed E-state index contributed by atoms with van der Waals surface area (Å²) in [7, 11) is 0. The Bertz CT molecular complexity index is 858. The molecule has 1 aromatic carbocycles. The Morgan fingerprint density at radius 1 is 1.33 bits per heavy atom. The molecule has 0 radical (unpaired) electrons. The van der Waals surface area contributed by atoms with Gasteiger partial charge in [-0.05, 0) is 37.5 Å². The number of amides is 1. The average molecular weight is 391 g/mol. The number of rotatable bonds is 3. The molecule has 0 spiro atoms. The molecule has 3 heterocycles. The molecule has 1 N–H and O–H groups in total. The number of hydrogen-bond acceptors (Lipinski definition) is 3. The smallest absolute Gasteiger partial charge is 0.227 e. The number of hydrogen-bond donors (Lipinski definition) is 1. The van der Waals surface area contributed by atoms with E-state index in [1.165, 1.54) is 23.5 Å². The van der Waals surface area contributed by atoms with Crippen LogP contribution < -0.4 is 5.32 Å². The van der Waals surface area contributed by atoms with Gasteiger partial charge in [0.25, 0.3) is 0 Å². The van der Waals surface area contributed by atoms with Gasteiger partial charge in [-0.2, -0.15) is 0 Å². The molecule has 2 aliphatic heterocycles. The summed E-state index contributed by atoms with van der Waals surface area (Å²) in [6.07, 6.45) is 2.06. The molecule has 4 rings (SSSR count). The summed E-state index contributed by atoms with van der Waals surface area (Å²) in [5.41, 5.74) is 3.19. The molecule has 1 saturated heterocycles. The highest BCUT2D eigenvalue weighted by atomic mass is 35.5. The first-order valence-electron chi connectivity index (χ1n) is 9.51. The number of nitrogens with one attached hydrogen (secondary N) is 1. The first-order valence-corrected chi connectivity index (χ1v) is 9.89. The molecule has 0 unspecified atom stereocenters. The first kappa shape index (κ1) is 18.4. The maximum Gasteiger partial charge on any atom is 0.227 e. The number of nitrogens with zero attached hydrogens (tertiary/aromatic N) is 3. The van der Waals surface area contributed by atoms with Crippen LogP contribution in [0.5, 0.6) is 0 Å². The lowest BCUT2D eigenvalue weighted by Gasteiger charge is -2.32. The number of benzene rings is 1. The fourth-order valence-electron chi connectivity index (χ4n) is 4.18. The molecule has 1 aromatic heterocycles. The Labute approximate surface area is 163 Å². The van der Waals surface area contributed by atoms with E-state index in [0.29, 0.717) is 16.5 Å². The number of aromatic nitrogens is 2. The van der Waals surface area contributed by atoms with Crippen LogP contribution in [0.15, 0.2) is 18.2 Å². The Morgan fingerprint density at radius 2 is 2.11 bits per heavy atom. The van der Waals surface area contributed by atoms with Gasteiger partial charge in [0, 0.05) is 43.7 Å². The molecule has 144 valence electrons. The molecular formula is C20H24ClFN4O. The van der Waals surface area contributed by atoms with Crippen molar-refractivity contribution in [1.82, 2.24) is 19.8 Å².